The molecule has 0 bridgehead atoms. The van der Waals surface area contributed by atoms with Gasteiger partial charge in [0.15, 0.2) is 0 Å². The van der Waals surface area contributed by atoms with Crippen LogP contribution in [0, 0.1) is 10.7 Å². The van der Waals surface area contributed by atoms with Gasteiger partial charge in [-0.25, -0.2) is 0 Å². The summed E-state index contributed by atoms with van der Waals surface area (Å²) in [5.41, 5.74) is 12.2. The zero-order valence-electron chi connectivity index (χ0n) is 50.3. The van der Waals surface area contributed by atoms with Crippen LogP contribution >= 0.6 is 0 Å². The molecule has 7 heteroatoms. The molecule has 0 spiro atoms. The number of hydrogen-bond acceptors (Lipinski definition) is 3. The van der Waals surface area contributed by atoms with Crippen LogP contribution in [-0.2, 0) is 37.6 Å². The summed E-state index contributed by atoms with van der Waals surface area (Å²) in [5.74, 6) is 1.94. The number of anilines is 1. The predicted octanol–water partition coefficient (Wildman–Crippen LogP) is 16.1. The second-order valence-corrected chi connectivity index (χ2v) is 20.8. The van der Waals surface area contributed by atoms with Gasteiger partial charge in [-0.05, 0) is 29.0 Å². The molecule has 72 heavy (non-hydrogen) atoms. The Balaban J connectivity index is 0.996. The van der Waals surface area contributed by atoms with Crippen LogP contribution in [0.2, 0.25) is 0 Å². The average Bonchev–Trinajstić information content (AvgIpc) is 2.86. The molecule has 0 unspecified atom stereocenters. The van der Waals surface area contributed by atoms with E-state index < -0.39 is 60.4 Å². The maximum absolute atomic E-state index is 9.55. The van der Waals surface area contributed by atoms with Crippen LogP contribution in [0.4, 0.5) is 5.69 Å². The monoisotopic (exact) mass is 1130 g/mol. The minimum absolute atomic E-state index is 0.0172. The third-order valence-electron chi connectivity index (χ3n) is 14.4. The van der Waals surface area contributed by atoms with Crippen LogP contribution in [0.5, 0.6) is 11.5 Å². The molecule has 2 aliphatic heterocycles. The number of pyridine rings is 1. The molecule has 13 rings (SSSR count). The average molecular weight is 1130 g/mol. The first-order valence-electron chi connectivity index (χ1n) is 29.5. The first-order chi connectivity index (χ1) is 39.3. The zero-order chi connectivity index (χ0) is 57.4. The van der Waals surface area contributed by atoms with Crippen LogP contribution in [0.1, 0.15) is 69.6 Å². The molecule has 0 amide bonds. The van der Waals surface area contributed by atoms with Gasteiger partial charge in [0.2, 0.25) is 0 Å². The summed E-state index contributed by atoms with van der Waals surface area (Å²) in [7, 11) is 0. The molecule has 0 saturated heterocycles. The number of fused-ring (bicyclic) bond motifs is 4. The topological polar surface area (TPSA) is 40.1 Å². The summed E-state index contributed by atoms with van der Waals surface area (Å²) >= 11 is 2.26. The van der Waals surface area contributed by atoms with Gasteiger partial charge in [-0.1, -0.05) is 57.2 Å². The molecule has 356 valence electrons. The van der Waals surface area contributed by atoms with Gasteiger partial charge in [0, 0.05) is 11.8 Å². The van der Waals surface area contributed by atoms with Crippen molar-refractivity contribution in [3.05, 3.63) is 214 Å². The number of para-hydroxylation sites is 3. The molecule has 0 fully saturated rings. The Kier molecular flexibility index (Phi) is 8.51. The summed E-state index contributed by atoms with van der Waals surface area (Å²) in [6, 6.07) is 36.2. The molecule has 0 saturated carbocycles. The summed E-state index contributed by atoms with van der Waals surface area (Å²) in [5, 5.41) is 2.13. The molecule has 6 nitrogen and oxygen atoms in total. The second-order valence-electron chi connectivity index (χ2n) is 19.8. The number of aryl methyl sites for hydroxylation is 1. The molecule has 5 heterocycles. The van der Waals surface area contributed by atoms with Gasteiger partial charge in [0.1, 0.15) is 0 Å². The molecular weight excluding hydrogens is 1060 g/mol. The van der Waals surface area contributed by atoms with E-state index in [9.17, 15) is 5.48 Å². The predicted molar refractivity (Wildman–Crippen MR) is 293 cm³/mol. The van der Waals surface area contributed by atoms with Crippen molar-refractivity contribution in [1.82, 2.24) is 18.7 Å². The van der Waals surface area contributed by atoms with Crippen LogP contribution in [0.15, 0.2) is 188 Å². The Bertz CT molecular complexity index is 4430. The van der Waals surface area contributed by atoms with Gasteiger partial charge in [-0.3, -0.25) is 0 Å². The molecule has 0 atom stereocenters. The summed E-state index contributed by atoms with van der Waals surface area (Å²) in [6.45, 7) is 10.2. The van der Waals surface area contributed by atoms with E-state index in [-0.39, 0.29) is 16.5 Å². The summed E-state index contributed by atoms with van der Waals surface area (Å²) in [4.78, 5) is 7.35. The van der Waals surface area contributed by atoms with Crippen LogP contribution in [0.3, 0.4) is 0 Å². The first-order valence-corrected chi connectivity index (χ1v) is 25.7. The van der Waals surface area contributed by atoms with Crippen molar-refractivity contribution in [2.75, 3.05) is 18.0 Å². The van der Waals surface area contributed by atoms with Crippen molar-refractivity contribution >= 4 is 38.5 Å². The van der Waals surface area contributed by atoms with Crippen molar-refractivity contribution < 1.29 is 37.8 Å². The van der Waals surface area contributed by atoms with Gasteiger partial charge in [-0.2, -0.15) is 0 Å². The van der Waals surface area contributed by atoms with Gasteiger partial charge in [0.25, 0.3) is 0 Å². The van der Waals surface area contributed by atoms with Crippen molar-refractivity contribution in [2.24, 2.45) is 0 Å². The van der Waals surface area contributed by atoms with Crippen LogP contribution in [-0.4, -0.2) is 31.8 Å². The summed E-state index contributed by atoms with van der Waals surface area (Å²) in [6.07, 6.45) is 4.45. The SMILES string of the molecule is [2H]c1c([2H])c([2H])c(-c2c3c4c(c(-c5c([2H])c([2H])c([2H])c([2H])c5[2H])c2-n2[c](=[Pt])n(-c5cccc(Oc6ccc7c8ccccc8n(-c8cc(C)c(-c9ccc(C(C)(C)C)cc9)cn8)c7c6)c5)c5ccccc52)CCCN4CCC3)c([2H])c1[2H]. The number of ether oxygens (including phenoxy) is 1. The van der Waals surface area contributed by atoms with Crippen molar-refractivity contribution in [2.45, 2.75) is 58.8 Å². The Labute approximate surface area is 445 Å². The fourth-order valence-corrected chi connectivity index (χ4v) is 12.3. The third-order valence-corrected chi connectivity index (χ3v) is 15.5. The molecule has 8 aromatic carbocycles. The van der Waals surface area contributed by atoms with Gasteiger partial charge < -0.3 is 0 Å². The Morgan fingerprint density at radius 2 is 1.18 bits per heavy atom. The number of hydrogen-bond donors (Lipinski definition) is 0. The number of imidazole rings is 1. The van der Waals surface area contributed by atoms with Crippen LogP contribution < -0.4 is 9.64 Å². The van der Waals surface area contributed by atoms with Gasteiger partial charge >= 0.3 is 350 Å². The minimum atomic E-state index is -0.529. The van der Waals surface area contributed by atoms with E-state index in [1.807, 2.05) is 83.6 Å². The Morgan fingerprint density at radius 1 is 0.569 bits per heavy atom. The number of rotatable bonds is 8. The fourth-order valence-electron chi connectivity index (χ4n) is 11.2. The quantitative estimate of drug-likeness (QED) is 0.152. The number of nitrogens with zero attached hydrogens (tertiary/aromatic N) is 5. The molecule has 11 aromatic rings. The first kappa shape index (κ1) is 34.7. The van der Waals surface area contributed by atoms with Crippen molar-refractivity contribution in [3.63, 3.8) is 0 Å². The van der Waals surface area contributed by atoms with E-state index in [1.165, 1.54) is 5.56 Å². The van der Waals surface area contributed by atoms with Crippen LogP contribution in [0.25, 0.3) is 83.4 Å². The molecule has 0 aliphatic carbocycles. The summed E-state index contributed by atoms with van der Waals surface area (Å²) < 4.78 is 105. The maximum atomic E-state index is 9.55. The van der Waals surface area contributed by atoms with Gasteiger partial charge in [-0.15, -0.1) is 0 Å². The van der Waals surface area contributed by atoms with E-state index in [0.717, 1.165) is 85.2 Å². The van der Waals surface area contributed by atoms with E-state index >= 15 is 0 Å². The number of benzene rings is 8. The van der Waals surface area contributed by atoms with Crippen molar-refractivity contribution in [1.29, 1.82) is 0 Å². The van der Waals surface area contributed by atoms with E-state index in [1.54, 1.807) is 0 Å². The van der Waals surface area contributed by atoms with Gasteiger partial charge in [0.05, 0.1) is 0 Å². The Hall–Kier alpha value is -7.53. The normalized spacial score (nSPS) is 15.5. The molecule has 0 radical (unpaired) electrons. The zero-order valence-corrected chi connectivity index (χ0v) is 42.6. The Morgan fingerprint density at radius 3 is 1.83 bits per heavy atom. The van der Waals surface area contributed by atoms with E-state index in [2.05, 4.69) is 110 Å². The molecule has 0 N–H and O–H groups in total. The number of aromatic nitrogens is 4. The third kappa shape index (κ3) is 7.41. The molecule has 3 aromatic heterocycles. The van der Waals surface area contributed by atoms with E-state index in [0.29, 0.717) is 63.6 Å². The molecular formula is C65H55N5OPt. The molecule has 2 aliphatic rings. The second kappa shape index (κ2) is 17.6. The van der Waals surface area contributed by atoms with E-state index in [4.69, 9.17) is 17.9 Å². The fraction of sp³-hybridized carbons (Fsp3) is 0.169. The standard InChI is InChI=1S/C65H55N5O.Pt/c1-43-38-60(66-41-55(43)44-30-32-47(33-31-44)65(2,3)4)70-56-27-12-11-24-51(56)52-35-34-50(40-59(52)70)71-49-23-15-22-48(39-49)68-42-69(58-29-14-13-28-57(58)68)64-61(45-18-7-5-8-19-45)53-25-16-36-67-37-17-26-54(63(53)67)62(64)46-20-9-6-10-21-46;/h5-15,18-24,27-35,38-41H,16-17,25-26,36-37H2,1-4H3;/i5D,6D,7D,8D,9D,10D,18D,19D,20D,21D;. The van der Waals surface area contributed by atoms with Crippen molar-refractivity contribution in [3.8, 4) is 62.1 Å².